The lowest BCUT2D eigenvalue weighted by Gasteiger charge is -2.22. The molecule has 21 heavy (non-hydrogen) atoms. The van der Waals surface area contributed by atoms with Crippen LogP contribution in [0.15, 0.2) is 17.0 Å². The molecule has 3 N–H and O–H groups in total. The van der Waals surface area contributed by atoms with Crippen LogP contribution in [0.1, 0.15) is 31.7 Å². The van der Waals surface area contributed by atoms with E-state index >= 15 is 0 Å². The zero-order valence-corrected chi connectivity index (χ0v) is 13.1. The quantitative estimate of drug-likeness (QED) is 0.813. The van der Waals surface area contributed by atoms with Gasteiger partial charge in [0.2, 0.25) is 10.0 Å². The smallest absolute Gasteiger partial charge is 0.246 e. The first-order chi connectivity index (χ1) is 9.63. The van der Waals surface area contributed by atoms with Gasteiger partial charge in [-0.25, -0.2) is 12.8 Å². The Morgan fingerprint density at radius 2 is 2.00 bits per heavy atom. The van der Waals surface area contributed by atoms with Gasteiger partial charge in [0.15, 0.2) is 0 Å². The topological polar surface area (TPSA) is 83.6 Å². The van der Waals surface area contributed by atoms with Gasteiger partial charge in [0.25, 0.3) is 0 Å². The van der Waals surface area contributed by atoms with Gasteiger partial charge in [-0.05, 0) is 50.8 Å². The van der Waals surface area contributed by atoms with Gasteiger partial charge in [-0.1, -0.05) is 0 Å². The van der Waals surface area contributed by atoms with E-state index in [9.17, 15) is 17.9 Å². The number of anilines is 1. The molecule has 0 aromatic heterocycles. The predicted molar refractivity (Wildman–Crippen MR) is 78.8 cm³/mol. The largest absolute Gasteiger partial charge is 0.398 e. The molecule has 1 atom stereocenters. The number of hydrogen-bond donors (Lipinski definition) is 2. The average molecular weight is 316 g/mol. The Morgan fingerprint density at radius 1 is 1.33 bits per heavy atom. The molecule has 1 aromatic rings. The standard InChI is InChI=1S/C14H21FN2O3S/c1-10-8-11(15)13(9-12(10)16)21(19,20)17-6-3-4-14(2,18)5-7-17/h8-9,18H,3-7,16H2,1-2H3. The minimum atomic E-state index is -3.94. The van der Waals surface area contributed by atoms with Gasteiger partial charge in [-0.15, -0.1) is 0 Å². The molecule has 0 spiro atoms. The van der Waals surface area contributed by atoms with Gasteiger partial charge in [0, 0.05) is 18.8 Å². The van der Waals surface area contributed by atoms with E-state index in [0.29, 0.717) is 24.8 Å². The van der Waals surface area contributed by atoms with Crippen molar-refractivity contribution in [1.29, 1.82) is 0 Å². The first kappa shape index (κ1) is 16.2. The molecular formula is C14H21FN2O3S. The van der Waals surface area contributed by atoms with Crippen molar-refractivity contribution in [1.82, 2.24) is 4.31 Å². The highest BCUT2D eigenvalue weighted by atomic mass is 32.2. The summed E-state index contributed by atoms with van der Waals surface area (Å²) in [6, 6.07) is 2.30. The van der Waals surface area contributed by atoms with Crippen molar-refractivity contribution in [3.05, 3.63) is 23.5 Å². The molecular weight excluding hydrogens is 295 g/mol. The Kier molecular flexibility index (Phi) is 4.28. The summed E-state index contributed by atoms with van der Waals surface area (Å²) < 4.78 is 40.4. The fourth-order valence-electron chi connectivity index (χ4n) is 2.48. The highest BCUT2D eigenvalue weighted by molar-refractivity contribution is 7.89. The second-order valence-electron chi connectivity index (χ2n) is 5.89. The summed E-state index contributed by atoms with van der Waals surface area (Å²) >= 11 is 0. The van der Waals surface area contributed by atoms with Crippen LogP contribution in [0.25, 0.3) is 0 Å². The van der Waals surface area contributed by atoms with E-state index in [1.807, 2.05) is 0 Å². The van der Waals surface area contributed by atoms with E-state index in [2.05, 4.69) is 0 Å². The number of sulfonamides is 1. The van der Waals surface area contributed by atoms with Crippen molar-refractivity contribution in [2.75, 3.05) is 18.8 Å². The number of benzene rings is 1. The monoisotopic (exact) mass is 316 g/mol. The highest BCUT2D eigenvalue weighted by Crippen LogP contribution is 2.28. The van der Waals surface area contributed by atoms with Crippen LogP contribution in [0.3, 0.4) is 0 Å². The Hall–Kier alpha value is -1.18. The van der Waals surface area contributed by atoms with E-state index in [1.54, 1.807) is 13.8 Å². The number of aliphatic hydroxyl groups is 1. The zero-order valence-electron chi connectivity index (χ0n) is 12.3. The summed E-state index contributed by atoms with van der Waals surface area (Å²) in [5, 5.41) is 10.0. The Morgan fingerprint density at radius 3 is 2.67 bits per heavy atom. The van der Waals surface area contributed by atoms with Crippen LogP contribution in [-0.2, 0) is 10.0 Å². The highest BCUT2D eigenvalue weighted by Gasteiger charge is 2.33. The number of nitrogens with zero attached hydrogens (tertiary/aromatic N) is 1. The van der Waals surface area contributed by atoms with Crippen molar-refractivity contribution in [2.45, 2.75) is 43.6 Å². The van der Waals surface area contributed by atoms with E-state index in [4.69, 9.17) is 5.73 Å². The lowest BCUT2D eigenvalue weighted by molar-refractivity contribution is 0.0465. The molecule has 1 fully saturated rings. The molecule has 1 saturated heterocycles. The van der Waals surface area contributed by atoms with E-state index in [1.165, 1.54) is 10.4 Å². The molecule has 0 aliphatic carbocycles. The summed E-state index contributed by atoms with van der Waals surface area (Å²) in [6.45, 7) is 3.75. The molecule has 0 amide bonds. The maximum atomic E-state index is 14.0. The van der Waals surface area contributed by atoms with Gasteiger partial charge in [-0.3, -0.25) is 0 Å². The number of nitrogens with two attached hydrogens (primary N) is 1. The van der Waals surface area contributed by atoms with Crippen molar-refractivity contribution in [3.63, 3.8) is 0 Å². The van der Waals surface area contributed by atoms with Gasteiger partial charge >= 0.3 is 0 Å². The SMILES string of the molecule is Cc1cc(F)c(S(=O)(=O)N2CCCC(C)(O)CC2)cc1N. The molecule has 0 saturated carbocycles. The predicted octanol–water partition coefficient (Wildman–Crippen LogP) is 1.64. The third-order valence-corrected chi connectivity index (χ3v) is 5.87. The maximum absolute atomic E-state index is 14.0. The van der Waals surface area contributed by atoms with Crippen molar-refractivity contribution < 1.29 is 17.9 Å². The molecule has 5 nitrogen and oxygen atoms in total. The first-order valence-electron chi connectivity index (χ1n) is 6.92. The van der Waals surface area contributed by atoms with Gasteiger partial charge in [0.05, 0.1) is 5.60 Å². The third-order valence-electron chi connectivity index (χ3n) is 3.96. The Balaban J connectivity index is 2.36. The summed E-state index contributed by atoms with van der Waals surface area (Å²) in [5.41, 5.74) is 5.57. The average Bonchev–Trinajstić information content (AvgIpc) is 2.55. The number of halogens is 1. The van der Waals surface area contributed by atoms with Crippen LogP contribution >= 0.6 is 0 Å². The number of hydrogen-bond acceptors (Lipinski definition) is 4. The second-order valence-corrected chi connectivity index (χ2v) is 7.80. The molecule has 1 unspecified atom stereocenters. The molecule has 1 heterocycles. The van der Waals surface area contributed by atoms with Crippen LogP contribution in [0, 0.1) is 12.7 Å². The van der Waals surface area contributed by atoms with Crippen LogP contribution in [0.4, 0.5) is 10.1 Å². The molecule has 7 heteroatoms. The van der Waals surface area contributed by atoms with E-state index in [0.717, 1.165) is 6.07 Å². The fourth-order valence-corrected chi connectivity index (χ4v) is 4.04. The Labute approximate surface area is 124 Å². The third kappa shape index (κ3) is 3.36. The molecule has 1 aromatic carbocycles. The van der Waals surface area contributed by atoms with Crippen molar-refractivity contribution in [3.8, 4) is 0 Å². The number of nitrogen functional groups attached to an aromatic ring is 1. The van der Waals surface area contributed by atoms with Gasteiger partial charge in [-0.2, -0.15) is 4.31 Å². The maximum Gasteiger partial charge on any atom is 0.246 e. The lowest BCUT2D eigenvalue weighted by Crippen LogP contribution is -2.34. The van der Waals surface area contributed by atoms with Crippen molar-refractivity contribution in [2.24, 2.45) is 0 Å². The van der Waals surface area contributed by atoms with Crippen LogP contribution < -0.4 is 5.73 Å². The van der Waals surface area contributed by atoms with Gasteiger partial charge < -0.3 is 10.8 Å². The summed E-state index contributed by atoms with van der Waals surface area (Å²) in [5.74, 6) is -0.794. The minimum Gasteiger partial charge on any atom is -0.398 e. The number of rotatable bonds is 2. The molecule has 0 bridgehead atoms. The van der Waals surface area contributed by atoms with E-state index < -0.39 is 26.3 Å². The number of aryl methyl sites for hydroxylation is 1. The molecule has 1 aliphatic rings. The summed E-state index contributed by atoms with van der Waals surface area (Å²) in [7, 11) is -3.94. The van der Waals surface area contributed by atoms with E-state index in [-0.39, 0.29) is 18.8 Å². The fraction of sp³-hybridized carbons (Fsp3) is 0.571. The Bertz CT molecular complexity index is 644. The molecule has 1 aliphatic heterocycles. The van der Waals surface area contributed by atoms with Crippen molar-refractivity contribution >= 4 is 15.7 Å². The first-order valence-corrected chi connectivity index (χ1v) is 8.36. The summed E-state index contributed by atoms with van der Waals surface area (Å²) in [6.07, 6.45) is 1.39. The molecule has 118 valence electrons. The zero-order chi connectivity index (χ0) is 15.8. The van der Waals surface area contributed by atoms with Crippen LogP contribution in [-0.4, -0.2) is 36.5 Å². The second kappa shape index (κ2) is 5.55. The van der Waals surface area contributed by atoms with Gasteiger partial charge in [0.1, 0.15) is 10.7 Å². The summed E-state index contributed by atoms with van der Waals surface area (Å²) in [4.78, 5) is -0.396. The lowest BCUT2D eigenvalue weighted by atomic mass is 9.98. The van der Waals surface area contributed by atoms with Crippen LogP contribution in [0.2, 0.25) is 0 Å². The van der Waals surface area contributed by atoms with Crippen LogP contribution in [0.5, 0.6) is 0 Å². The molecule has 2 rings (SSSR count). The minimum absolute atomic E-state index is 0.169. The normalized spacial score (nSPS) is 24.8. The molecule has 0 radical (unpaired) electrons.